The third-order valence-electron chi connectivity index (χ3n) is 4.61. The third kappa shape index (κ3) is 3.59. The number of nitrogens with zero attached hydrogens (tertiary/aromatic N) is 2. The number of allylic oxidation sites excluding steroid dienone is 1. The van der Waals surface area contributed by atoms with Crippen molar-refractivity contribution in [3.05, 3.63) is 89.8 Å². The lowest BCUT2D eigenvalue weighted by atomic mass is 9.96. The Morgan fingerprint density at radius 1 is 1.34 bits per heavy atom. The molecule has 2 aromatic heterocycles. The molecule has 1 aromatic carbocycles. The summed E-state index contributed by atoms with van der Waals surface area (Å²) >= 11 is 7.33. The predicted molar refractivity (Wildman–Crippen MR) is 113 cm³/mol. The van der Waals surface area contributed by atoms with Crippen LogP contribution in [0.4, 0.5) is 0 Å². The van der Waals surface area contributed by atoms with Crippen molar-refractivity contribution in [3.8, 4) is 0 Å². The van der Waals surface area contributed by atoms with Crippen molar-refractivity contribution in [1.82, 2.24) is 9.55 Å². The zero-order chi connectivity index (χ0) is 20.5. The Hall–Kier alpha value is -2.90. The van der Waals surface area contributed by atoms with Crippen molar-refractivity contribution in [1.29, 1.82) is 0 Å². The number of hydrogen-bond acceptors (Lipinski definition) is 5. The Balaban J connectivity index is 1.97. The van der Waals surface area contributed by atoms with Crippen LogP contribution in [0.2, 0.25) is 5.02 Å². The lowest BCUT2D eigenvalue weighted by Crippen LogP contribution is -2.39. The van der Waals surface area contributed by atoms with Gasteiger partial charge in [-0.25, -0.2) is 9.79 Å². The normalized spacial score (nSPS) is 16.5. The molecule has 1 unspecified atom stereocenters. The minimum absolute atomic E-state index is 0.211. The number of hydrogen-bond donors (Lipinski definition) is 1. The van der Waals surface area contributed by atoms with Crippen LogP contribution in [0.5, 0.6) is 0 Å². The second-order valence-electron chi connectivity index (χ2n) is 6.48. The molecule has 148 valence electrons. The Kier molecular flexibility index (Phi) is 5.25. The highest BCUT2D eigenvalue weighted by Crippen LogP contribution is 2.31. The van der Waals surface area contributed by atoms with Gasteiger partial charge < -0.3 is 9.72 Å². The largest absolute Gasteiger partial charge is 0.463 e. The van der Waals surface area contributed by atoms with Gasteiger partial charge in [-0.1, -0.05) is 35.1 Å². The highest BCUT2D eigenvalue weighted by Gasteiger charge is 2.33. The van der Waals surface area contributed by atoms with E-state index in [1.165, 1.54) is 11.3 Å². The Bertz CT molecular complexity index is 1270. The summed E-state index contributed by atoms with van der Waals surface area (Å²) in [5, 5.41) is 0.575. The maximum atomic E-state index is 13.3. The van der Waals surface area contributed by atoms with E-state index in [0.717, 1.165) is 11.3 Å². The molecule has 0 fully saturated rings. The van der Waals surface area contributed by atoms with Crippen LogP contribution in [0.3, 0.4) is 0 Å². The van der Waals surface area contributed by atoms with Crippen molar-refractivity contribution < 1.29 is 9.53 Å². The number of carbonyl (C=O) groups excluding carboxylic acids is 1. The van der Waals surface area contributed by atoms with Crippen LogP contribution in [0.25, 0.3) is 6.08 Å². The van der Waals surface area contributed by atoms with Gasteiger partial charge in [-0.3, -0.25) is 9.36 Å². The van der Waals surface area contributed by atoms with Gasteiger partial charge in [0.05, 0.1) is 28.5 Å². The van der Waals surface area contributed by atoms with Gasteiger partial charge in [0.2, 0.25) is 0 Å². The van der Waals surface area contributed by atoms with Crippen LogP contribution in [-0.2, 0) is 9.53 Å². The summed E-state index contributed by atoms with van der Waals surface area (Å²) in [6, 6.07) is 10.2. The van der Waals surface area contributed by atoms with Crippen molar-refractivity contribution in [2.24, 2.45) is 4.99 Å². The second kappa shape index (κ2) is 7.85. The van der Waals surface area contributed by atoms with Crippen LogP contribution in [-0.4, -0.2) is 22.1 Å². The molecule has 8 heteroatoms. The zero-order valence-electron chi connectivity index (χ0n) is 15.8. The number of halogens is 1. The van der Waals surface area contributed by atoms with Gasteiger partial charge >= 0.3 is 5.97 Å². The average Bonchev–Trinajstić information content (AvgIpc) is 3.30. The molecule has 0 saturated carbocycles. The molecule has 6 nitrogen and oxygen atoms in total. The van der Waals surface area contributed by atoms with Gasteiger partial charge in [0.15, 0.2) is 4.80 Å². The maximum Gasteiger partial charge on any atom is 0.338 e. The number of ether oxygens (including phenoxy) is 1. The minimum atomic E-state index is -0.631. The molecule has 29 heavy (non-hydrogen) atoms. The number of fused-ring (bicyclic) bond motifs is 1. The van der Waals surface area contributed by atoms with E-state index in [1.54, 1.807) is 42.8 Å². The van der Waals surface area contributed by atoms with E-state index >= 15 is 0 Å². The SMILES string of the molecule is CCOC(=O)C1=C(C)N=c2s/c(=C/c3ccc[nH]3)c(=O)n2C1c1ccc(Cl)cc1. The molecular weight excluding hydrogens is 410 g/mol. The van der Waals surface area contributed by atoms with Crippen LogP contribution in [0, 0.1) is 0 Å². The third-order valence-corrected chi connectivity index (χ3v) is 5.85. The Morgan fingerprint density at radius 2 is 2.10 bits per heavy atom. The van der Waals surface area contributed by atoms with Crippen LogP contribution < -0.4 is 14.9 Å². The van der Waals surface area contributed by atoms with Crippen molar-refractivity contribution >= 4 is 35.0 Å². The number of aromatic nitrogens is 2. The van der Waals surface area contributed by atoms with Gasteiger partial charge in [-0.15, -0.1) is 0 Å². The topological polar surface area (TPSA) is 76.4 Å². The van der Waals surface area contributed by atoms with Gasteiger partial charge in [-0.05, 0) is 49.8 Å². The molecule has 1 N–H and O–H groups in total. The van der Waals surface area contributed by atoms with Crippen LogP contribution in [0.1, 0.15) is 31.1 Å². The summed E-state index contributed by atoms with van der Waals surface area (Å²) in [6.07, 6.45) is 3.58. The highest BCUT2D eigenvalue weighted by molar-refractivity contribution is 7.07. The summed E-state index contributed by atoms with van der Waals surface area (Å²) < 4.78 is 7.35. The number of aromatic amines is 1. The number of benzene rings is 1. The standard InChI is InChI=1S/C21H18ClN3O3S/c1-3-28-20(27)17-12(2)24-21-25(18(17)13-6-8-14(22)9-7-13)19(26)16(29-21)11-15-5-4-10-23-15/h4-11,18,23H,3H2,1-2H3/b16-11+. The summed E-state index contributed by atoms with van der Waals surface area (Å²) in [7, 11) is 0. The number of thiazole rings is 1. The monoisotopic (exact) mass is 427 g/mol. The summed E-state index contributed by atoms with van der Waals surface area (Å²) in [4.78, 5) is 34.2. The van der Waals surface area contributed by atoms with Crippen molar-refractivity contribution in [3.63, 3.8) is 0 Å². The molecule has 0 aliphatic carbocycles. The molecule has 1 aliphatic rings. The minimum Gasteiger partial charge on any atom is -0.463 e. The molecular formula is C21H18ClN3O3S. The van der Waals surface area contributed by atoms with Crippen molar-refractivity contribution in [2.45, 2.75) is 19.9 Å². The number of esters is 1. The van der Waals surface area contributed by atoms with Crippen LogP contribution in [0.15, 0.2) is 63.7 Å². The van der Waals surface area contributed by atoms with Gasteiger partial charge in [0, 0.05) is 16.9 Å². The fourth-order valence-corrected chi connectivity index (χ4v) is 4.49. The zero-order valence-corrected chi connectivity index (χ0v) is 17.4. The first-order chi connectivity index (χ1) is 14.0. The molecule has 1 aliphatic heterocycles. The maximum absolute atomic E-state index is 13.3. The van der Waals surface area contributed by atoms with E-state index in [0.29, 0.717) is 25.6 Å². The highest BCUT2D eigenvalue weighted by atomic mass is 35.5. The van der Waals surface area contributed by atoms with E-state index in [9.17, 15) is 9.59 Å². The lowest BCUT2D eigenvalue weighted by Gasteiger charge is -2.24. The summed E-state index contributed by atoms with van der Waals surface area (Å²) in [6.45, 7) is 3.74. The quantitative estimate of drug-likeness (QED) is 0.650. The Labute approximate surface area is 175 Å². The average molecular weight is 428 g/mol. The fourth-order valence-electron chi connectivity index (χ4n) is 3.33. The lowest BCUT2D eigenvalue weighted by molar-refractivity contribution is -0.139. The van der Waals surface area contributed by atoms with Gasteiger partial charge in [0.25, 0.3) is 5.56 Å². The van der Waals surface area contributed by atoms with E-state index < -0.39 is 12.0 Å². The second-order valence-corrected chi connectivity index (χ2v) is 7.92. The number of H-pyrrole nitrogens is 1. The first-order valence-electron chi connectivity index (χ1n) is 9.08. The van der Waals surface area contributed by atoms with Crippen molar-refractivity contribution in [2.75, 3.05) is 6.61 Å². The first-order valence-corrected chi connectivity index (χ1v) is 10.3. The molecule has 0 bridgehead atoms. The number of rotatable bonds is 4. The molecule has 0 radical (unpaired) electrons. The molecule has 3 aromatic rings. The molecule has 0 spiro atoms. The molecule has 0 amide bonds. The van der Waals surface area contributed by atoms with Crippen LogP contribution >= 0.6 is 22.9 Å². The fraction of sp³-hybridized carbons (Fsp3) is 0.190. The van der Waals surface area contributed by atoms with E-state index in [1.807, 2.05) is 24.3 Å². The van der Waals surface area contributed by atoms with Gasteiger partial charge in [0.1, 0.15) is 0 Å². The summed E-state index contributed by atoms with van der Waals surface area (Å²) in [5.41, 5.74) is 2.26. The number of carbonyl (C=O) groups is 1. The van der Waals surface area contributed by atoms with E-state index in [4.69, 9.17) is 16.3 Å². The first kappa shape index (κ1) is 19.4. The molecule has 0 saturated heterocycles. The van der Waals surface area contributed by atoms with E-state index in [2.05, 4.69) is 9.98 Å². The summed E-state index contributed by atoms with van der Waals surface area (Å²) in [5.74, 6) is -0.479. The number of nitrogens with one attached hydrogen (secondary N) is 1. The molecule has 4 rings (SSSR count). The molecule has 3 heterocycles. The predicted octanol–water partition coefficient (Wildman–Crippen LogP) is 2.78. The molecule has 1 atom stereocenters. The van der Waals surface area contributed by atoms with Gasteiger partial charge in [-0.2, -0.15) is 0 Å². The van der Waals surface area contributed by atoms with E-state index in [-0.39, 0.29) is 12.2 Å². The smallest absolute Gasteiger partial charge is 0.338 e. The Morgan fingerprint density at radius 3 is 2.76 bits per heavy atom.